The molecule has 0 saturated carbocycles. The van der Waals surface area contributed by atoms with Crippen molar-refractivity contribution in [3.63, 3.8) is 0 Å². The van der Waals surface area contributed by atoms with Gasteiger partial charge in [0.05, 0.1) is 15.5 Å². The summed E-state index contributed by atoms with van der Waals surface area (Å²) in [5, 5.41) is -0.278. The van der Waals surface area contributed by atoms with Gasteiger partial charge in [0, 0.05) is 6.26 Å². The SMILES string of the molecule is CS(=O)(=O)c1cc(C(N)=O)c(F)cc1Cl. The van der Waals surface area contributed by atoms with Crippen LogP contribution >= 0.6 is 11.6 Å². The van der Waals surface area contributed by atoms with Crippen LogP contribution < -0.4 is 5.73 Å². The maximum Gasteiger partial charge on any atom is 0.251 e. The highest BCUT2D eigenvalue weighted by Crippen LogP contribution is 2.24. The summed E-state index contributed by atoms with van der Waals surface area (Å²) >= 11 is 5.52. The Hall–Kier alpha value is -1.14. The molecule has 0 aromatic heterocycles. The van der Waals surface area contributed by atoms with Gasteiger partial charge in [0.1, 0.15) is 5.82 Å². The van der Waals surface area contributed by atoms with E-state index >= 15 is 0 Å². The molecule has 15 heavy (non-hydrogen) atoms. The highest BCUT2D eigenvalue weighted by Gasteiger charge is 2.18. The van der Waals surface area contributed by atoms with Crippen molar-refractivity contribution >= 4 is 27.3 Å². The number of amides is 1. The van der Waals surface area contributed by atoms with Crippen molar-refractivity contribution in [1.82, 2.24) is 0 Å². The van der Waals surface area contributed by atoms with E-state index in [-0.39, 0.29) is 9.92 Å². The molecule has 1 aromatic rings. The zero-order valence-electron chi connectivity index (χ0n) is 7.62. The molecule has 0 heterocycles. The first-order chi connectivity index (χ1) is 6.73. The molecule has 7 heteroatoms. The van der Waals surface area contributed by atoms with Gasteiger partial charge in [0.25, 0.3) is 5.91 Å². The van der Waals surface area contributed by atoms with Gasteiger partial charge >= 0.3 is 0 Å². The van der Waals surface area contributed by atoms with Gasteiger partial charge < -0.3 is 5.73 Å². The second kappa shape index (κ2) is 3.79. The topological polar surface area (TPSA) is 77.2 Å². The Morgan fingerprint density at radius 3 is 2.40 bits per heavy atom. The van der Waals surface area contributed by atoms with Crippen LogP contribution in [0.15, 0.2) is 17.0 Å². The summed E-state index contributed by atoms with van der Waals surface area (Å²) in [7, 11) is -3.61. The molecule has 0 fully saturated rings. The maximum atomic E-state index is 13.1. The zero-order valence-corrected chi connectivity index (χ0v) is 9.19. The largest absolute Gasteiger partial charge is 0.366 e. The predicted molar refractivity (Wildman–Crippen MR) is 53.0 cm³/mol. The fraction of sp³-hybridized carbons (Fsp3) is 0.125. The average molecular weight is 252 g/mol. The Balaban J connectivity index is 3.58. The van der Waals surface area contributed by atoms with E-state index in [9.17, 15) is 17.6 Å². The first kappa shape index (κ1) is 11.9. The number of primary amides is 1. The number of carbonyl (C=O) groups is 1. The second-order valence-corrected chi connectivity index (χ2v) is 5.29. The molecule has 82 valence electrons. The van der Waals surface area contributed by atoms with Crippen molar-refractivity contribution in [3.8, 4) is 0 Å². The number of sulfone groups is 1. The summed E-state index contributed by atoms with van der Waals surface area (Å²) in [6.07, 6.45) is 0.900. The number of hydrogen-bond donors (Lipinski definition) is 1. The number of rotatable bonds is 2. The Labute approximate surface area is 90.8 Å². The van der Waals surface area contributed by atoms with Crippen molar-refractivity contribution in [3.05, 3.63) is 28.5 Å². The molecule has 4 nitrogen and oxygen atoms in total. The summed E-state index contributed by atoms with van der Waals surface area (Å²) in [5.41, 5.74) is 4.36. The molecule has 0 atom stereocenters. The Bertz CT molecular complexity index is 527. The Morgan fingerprint density at radius 2 is 2.00 bits per heavy atom. The monoisotopic (exact) mass is 251 g/mol. The lowest BCUT2D eigenvalue weighted by molar-refractivity contribution is 0.0996. The van der Waals surface area contributed by atoms with Crippen LogP contribution in [0.5, 0.6) is 0 Å². The van der Waals surface area contributed by atoms with Crippen LogP contribution in [0.1, 0.15) is 10.4 Å². The van der Waals surface area contributed by atoms with Crippen molar-refractivity contribution in [1.29, 1.82) is 0 Å². The molecule has 0 unspecified atom stereocenters. The van der Waals surface area contributed by atoms with Crippen LogP contribution in [0.2, 0.25) is 5.02 Å². The van der Waals surface area contributed by atoms with Gasteiger partial charge in [-0.25, -0.2) is 12.8 Å². The molecule has 0 aliphatic rings. The summed E-state index contributed by atoms with van der Waals surface area (Å²) in [5.74, 6) is -1.99. The molecule has 0 aliphatic heterocycles. The highest BCUT2D eigenvalue weighted by molar-refractivity contribution is 7.90. The quantitative estimate of drug-likeness (QED) is 0.796. The number of carbonyl (C=O) groups excluding carboxylic acids is 1. The fourth-order valence-corrected chi connectivity index (χ4v) is 2.32. The van der Waals surface area contributed by atoms with Crippen molar-refractivity contribution in [2.75, 3.05) is 6.26 Å². The van der Waals surface area contributed by atoms with Crippen LogP contribution in [-0.4, -0.2) is 20.6 Å². The minimum absolute atomic E-state index is 0.278. The maximum absolute atomic E-state index is 13.1. The van der Waals surface area contributed by atoms with Gasteiger partial charge in [-0.3, -0.25) is 4.79 Å². The minimum atomic E-state index is -3.61. The smallest absolute Gasteiger partial charge is 0.251 e. The molecule has 0 bridgehead atoms. The summed E-state index contributed by atoms with van der Waals surface area (Å²) in [6, 6.07) is 1.58. The molecule has 2 N–H and O–H groups in total. The fourth-order valence-electron chi connectivity index (χ4n) is 1.00. The number of hydrogen-bond acceptors (Lipinski definition) is 3. The second-order valence-electron chi connectivity index (χ2n) is 2.90. The third kappa shape index (κ3) is 2.45. The van der Waals surface area contributed by atoms with E-state index in [2.05, 4.69) is 0 Å². The van der Waals surface area contributed by atoms with Crippen LogP contribution in [0.4, 0.5) is 4.39 Å². The Kier molecular flexibility index (Phi) is 3.01. The van der Waals surface area contributed by atoms with E-state index in [0.717, 1.165) is 18.4 Å². The average Bonchev–Trinajstić information content (AvgIpc) is 2.00. The van der Waals surface area contributed by atoms with Crippen molar-refractivity contribution in [2.24, 2.45) is 5.73 Å². The van der Waals surface area contributed by atoms with Crippen LogP contribution in [0.25, 0.3) is 0 Å². The van der Waals surface area contributed by atoms with Gasteiger partial charge in [-0.15, -0.1) is 0 Å². The number of nitrogens with two attached hydrogens (primary N) is 1. The summed E-state index contributed by atoms with van der Waals surface area (Å²) < 4.78 is 35.5. The molecule has 0 radical (unpaired) electrons. The summed E-state index contributed by atoms with van der Waals surface area (Å²) in [6.45, 7) is 0. The molecule has 1 rings (SSSR count). The summed E-state index contributed by atoms with van der Waals surface area (Å²) in [4.78, 5) is 10.4. The lowest BCUT2D eigenvalue weighted by atomic mass is 10.2. The van der Waals surface area contributed by atoms with Gasteiger partial charge in [-0.2, -0.15) is 0 Å². The lowest BCUT2D eigenvalue weighted by Gasteiger charge is -2.04. The van der Waals surface area contributed by atoms with E-state index in [4.69, 9.17) is 17.3 Å². The third-order valence-electron chi connectivity index (χ3n) is 1.69. The van der Waals surface area contributed by atoms with E-state index in [1.807, 2.05) is 0 Å². The Morgan fingerprint density at radius 1 is 1.47 bits per heavy atom. The van der Waals surface area contributed by atoms with E-state index < -0.39 is 27.1 Å². The third-order valence-corrected chi connectivity index (χ3v) is 3.25. The van der Waals surface area contributed by atoms with Gasteiger partial charge in [0.2, 0.25) is 0 Å². The molecule has 1 aromatic carbocycles. The normalized spacial score (nSPS) is 11.4. The molecule has 0 aliphatic carbocycles. The van der Waals surface area contributed by atoms with Crippen molar-refractivity contribution in [2.45, 2.75) is 4.90 Å². The lowest BCUT2D eigenvalue weighted by Crippen LogP contribution is -2.14. The zero-order chi connectivity index (χ0) is 11.8. The first-order valence-corrected chi connectivity index (χ1v) is 5.99. The standard InChI is InChI=1S/C8H7ClFNO3S/c1-15(13,14)7-2-4(8(11)12)6(10)3-5(7)9/h2-3H,1H3,(H2,11,12). The van der Waals surface area contributed by atoms with Crippen LogP contribution in [0, 0.1) is 5.82 Å². The van der Waals surface area contributed by atoms with E-state index in [1.54, 1.807) is 0 Å². The molecule has 1 amide bonds. The van der Waals surface area contributed by atoms with Gasteiger partial charge in [0.15, 0.2) is 9.84 Å². The van der Waals surface area contributed by atoms with Crippen LogP contribution in [-0.2, 0) is 9.84 Å². The first-order valence-electron chi connectivity index (χ1n) is 3.72. The number of benzene rings is 1. The number of halogens is 2. The van der Waals surface area contributed by atoms with Crippen molar-refractivity contribution < 1.29 is 17.6 Å². The molecular formula is C8H7ClFNO3S. The minimum Gasteiger partial charge on any atom is -0.366 e. The molecular weight excluding hydrogens is 245 g/mol. The highest BCUT2D eigenvalue weighted by atomic mass is 35.5. The van der Waals surface area contributed by atoms with E-state index in [0.29, 0.717) is 0 Å². The van der Waals surface area contributed by atoms with Gasteiger partial charge in [-0.05, 0) is 12.1 Å². The molecule has 0 saturated heterocycles. The van der Waals surface area contributed by atoms with Crippen LogP contribution in [0.3, 0.4) is 0 Å². The molecule has 0 spiro atoms. The predicted octanol–water partition coefficient (Wildman–Crippen LogP) is 0.982. The van der Waals surface area contributed by atoms with Gasteiger partial charge in [-0.1, -0.05) is 11.6 Å². The van der Waals surface area contributed by atoms with E-state index in [1.165, 1.54) is 0 Å².